The van der Waals surface area contributed by atoms with Crippen LogP contribution in [0, 0.1) is 0 Å². The molecule has 0 aliphatic heterocycles. The summed E-state index contributed by atoms with van der Waals surface area (Å²) >= 11 is 0. The second-order valence-electron chi connectivity index (χ2n) is 7.33. The molecule has 0 unspecified atom stereocenters. The topological polar surface area (TPSA) is 115 Å². The van der Waals surface area contributed by atoms with Gasteiger partial charge in [-0.2, -0.15) is 10.2 Å². The summed E-state index contributed by atoms with van der Waals surface area (Å²) in [6.07, 6.45) is 1.20. The average Bonchev–Trinajstić information content (AvgIpc) is 3.40. The standard InChI is InChI=1S/C26H28N4O5/c1-5-21(17-7-11-19(33-3)12-8-17)27-29-25(31)23-15-16-24(35-23)26(32)30-28-22(6-2)18-9-13-20(34-4)14-10-18/h7-16H,5-6H2,1-4H3,(H,29,31)(H,30,32). The fraction of sp³-hybridized carbons (Fsp3) is 0.231. The maximum Gasteiger partial charge on any atom is 0.307 e. The van der Waals surface area contributed by atoms with Gasteiger partial charge in [0.05, 0.1) is 25.6 Å². The smallest absolute Gasteiger partial charge is 0.307 e. The predicted molar refractivity (Wildman–Crippen MR) is 133 cm³/mol. The highest BCUT2D eigenvalue weighted by molar-refractivity contribution is 6.03. The zero-order valence-corrected chi connectivity index (χ0v) is 20.1. The van der Waals surface area contributed by atoms with Gasteiger partial charge in [0.2, 0.25) is 0 Å². The lowest BCUT2D eigenvalue weighted by Gasteiger charge is -2.06. The highest BCUT2D eigenvalue weighted by Gasteiger charge is 2.16. The number of hydrazone groups is 2. The highest BCUT2D eigenvalue weighted by atomic mass is 16.5. The lowest BCUT2D eigenvalue weighted by Crippen LogP contribution is -2.20. The van der Waals surface area contributed by atoms with Crippen molar-refractivity contribution in [1.29, 1.82) is 0 Å². The molecule has 0 fully saturated rings. The van der Waals surface area contributed by atoms with Gasteiger partial charge in [-0.25, -0.2) is 10.9 Å². The first-order valence-electron chi connectivity index (χ1n) is 11.1. The largest absolute Gasteiger partial charge is 0.497 e. The molecule has 0 spiro atoms. The molecule has 9 nitrogen and oxygen atoms in total. The Kier molecular flexibility index (Phi) is 8.77. The summed E-state index contributed by atoms with van der Waals surface area (Å²) < 4.78 is 15.7. The zero-order chi connectivity index (χ0) is 25.2. The van der Waals surface area contributed by atoms with Crippen LogP contribution in [0.3, 0.4) is 0 Å². The van der Waals surface area contributed by atoms with E-state index in [1.165, 1.54) is 12.1 Å². The minimum absolute atomic E-state index is 0.0427. The third-order valence-corrected chi connectivity index (χ3v) is 5.15. The van der Waals surface area contributed by atoms with E-state index in [0.717, 1.165) is 22.6 Å². The molecule has 2 N–H and O–H groups in total. The zero-order valence-electron chi connectivity index (χ0n) is 20.1. The summed E-state index contributed by atoms with van der Waals surface area (Å²) in [7, 11) is 3.19. The van der Waals surface area contributed by atoms with Gasteiger partial charge in [0.25, 0.3) is 0 Å². The van der Waals surface area contributed by atoms with Crippen LogP contribution in [0.5, 0.6) is 11.5 Å². The number of carbonyl (C=O) groups is 2. The molecule has 0 aliphatic rings. The van der Waals surface area contributed by atoms with E-state index >= 15 is 0 Å². The summed E-state index contributed by atoms with van der Waals surface area (Å²) in [5.74, 6) is 0.236. The van der Waals surface area contributed by atoms with Crippen LogP contribution in [0.1, 0.15) is 58.9 Å². The fourth-order valence-electron chi connectivity index (χ4n) is 3.19. The molecule has 1 aromatic heterocycles. The molecule has 0 atom stereocenters. The number of amides is 2. The van der Waals surface area contributed by atoms with Gasteiger partial charge in [-0.1, -0.05) is 13.8 Å². The van der Waals surface area contributed by atoms with E-state index in [1.807, 2.05) is 62.4 Å². The minimum atomic E-state index is -0.570. The maximum absolute atomic E-state index is 12.5. The molecule has 2 aromatic carbocycles. The number of methoxy groups -OCH3 is 2. The van der Waals surface area contributed by atoms with Gasteiger partial charge in [0.1, 0.15) is 11.5 Å². The van der Waals surface area contributed by atoms with Crippen LogP contribution in [-0.2, 0) is 0 Å². The van der Waals surface area contributed by atoms with Crippen LogP contribution < -0.4 is 20.3 Å². The molecule has 9 heteroatoms. The van der Waals surface area contributed by atoms with Crippen molar-refractivity contribution in [2.24, 2.45) is 10.2 Å². The molecule has 1 heterocycles. The number of ether oxygens (including phenoxy) is 2. The molecule has 0 aliphatic carbocycles. The second kappa shape index (κ2) is 12.2. The number of hydrogen-bond donors (Lipinski definition) is 2. The highest BCUT2D eigenvalue weighted by Crippen LogP contribution is 2.15. The van der Waals surface area contributed by atoms with Crippen molar-refractivity contribution in [3.05, 3.63) is 83.3 Å². The lowest BCUT2D eigenvalue weighted by molar-refractivity contribution is 0.0902. The van der Waals surface area contributed by atoms with Gasteiger partial charge in [-0.05, 0) is 84.6 Å². The Morgan fingerprint density at radius 1 is 0.686 bits per heavy atom. The molecule has 182 valence electrons. The molecule has 3 aromatic rings. The fourth-order valence-corrected chi connectivity index (χ4v) is 3.19. The van der Waals surface area contributed by atoms with E-state index in [0.29, 0.717) is 24.3 Å². The van der Waals surface area contributed by atoms with Crippen molar-refractivity contribution in [1.82, 2.24) is 10.9 Å². The van der Waals surface area contributed by atoms with Crippen molar-refractivity contribution in [3.8, 4) is 11.5 Å². The van der Waals surface area contributed by atoms with Crippen LogP contribution in [0.2, 0.25) is 0 Å². The Bertz CT molecular complexity index is 1120. The molecule has 0 bridgehead atoms. The van der Waals surface area contributed by atoms with Gasteiger partial charge in [-0.15, -0.1) is 0 Å². The summed E-state index contributed by atoms with van der Waals surface area (Å²) in [4.78, 5) is 25.0. The number of carbonyl (C=O) groups excluding carboxylic acids is 2. The van der Waals surface area contributed by atoms with Gasteiger partial charge >= 0.3 is 11.8 Å². The molecular formula is C26H28N4O5. The molecule has 2 amide bonds. The lowest BCUT2D eigenvalue weighted by atomic mass is 10.1. The van der Waals surface area contributed by atoms with Gasteiger partial charge in [0, 0.05) is 0 Å². The third-order valence-electron chi connectivity index (χ3n) is 5.15. The van der Waals surface area contributed by atoms with E-state index in [2.05, 4.69) is 21.1 Å². The van der Waals surface area contributed by atoms with E-state index in [-0.39, 0.29) is 11.5 Å². The van der Waals surface area contributed by atoms with Gasteiger partial charge in [-0.3, -0.25) is 9.59 Å². The number of nitrogens with one attached hydrogen (secondary N) is 2. The molecule has 35 heavy (non-hydrogen) atoms. The molecule has 0 saturated heterocycles. The van der Waals surface area contributed by atoms with Crippen LogP contribution in [0.25, 0.3) is 0 Å². The third kappa shape index (κ3) is 6.57. The van der Waals surface area contributed by atoms with Crippen molar-refractivity contribution < 1.29 is 23.5 Å². The number of rotatable bonds is 10. The maximum atomic E-state index is 12.5. The number of furan rings is 1. The van der Waals surface area contributed by atoms with E-state index in [9.17, 15) is 9.59 Å². The molecule has 0 radical (unpaired) electrons. The van der Waals surface area contributed by atoms with E-state index in [1.54, 1.807) is 14.2 Å². The Balaban J connectivity index is 1.64. The Hall–Kier alpha value is -4.40. The first-order valence-corrected chi connectivity index (χ1v) is 11.1. The monoisotopic (exact) mass is 476 g/mol. The van der Waals surface area contributed by atoms with Crippen LogP contribution >= 0.6 is 0 Å². The minimum Gasteiger partial charge on any atom is -0.497 e. The Morgan fingerprint density at radius 2 is 1.06 bits per heavy atom. The summed E-state index contributed by atoms with van der Waals surface area (Å²) in [6, 6.07) is 17.5. The Labute approximate surface area is 203 Å². The van der Waals surface area contributed by atoms with Crippen molar-refractivity contribution >= 4 is 23.2 Å². The van der Waals surface area contributed by atoms with Crippen molar-refractivity contribution in [3.63, 3.8) is 0 Å². The number of nitrogens with zero attached hydrogens (tertiary/aromatic N) is 2. The second-order valence-corrected chi connectivity index (χ2v) is 7.33. The average molecular weight is 477 g/mol. The predicted octanol–water partition coefficient (Wildman–Crippen LogP) is 4.39. The van der Waals surface area contributed by atoms with E-state index < -0.39 is 11.8 Å². The normalized spacial score (nSPS) is 11.7. The SMILES string of the molecule is CCC(=NNC(=O)c1ccc(C(=O)NN=C(CC)c2ccc(OC)cc2)o1)c1ccc(OC)cc1. The van der Waals surface area contributed by atoms with Crippen LogP contribution in [-0.4, -0.2) is 37.5 Å². The summed E-state index contributed by atoms with van der Waals surface area (Å²) in [5.41, 5.74) is 8.03. The van der Waals surface area contributed by atoms with Crippen molar-refractivity contribution in [2.45, 2.75) is 26.7 Å². The molecule has 3 rings (SSSR count). The number of benzene rings is 2. The van der Waals surface area contributed by atoms with Crippen molar-refractivity contribution in [2.75, 3.05) is 14.2 Å². The Morgan fingerprint density at radius 3 is 1.37 bits per heavy atom. The molecular weight excluding hydrogens is 448 g/mol. The molecule has 0 saturated carbocycles. The van der Waals surface area contributed by atoms with E-state index in [4.69, 9.17) is 13.9 Å². The van der Waals surface area contributed by atoms with Gasteiger partial charge in [0.15, 0.2) is 11.5 Å². The van der Waals surface area contributed by atoms with Crippen LogP contribution in [0.4, 0.5) is 0 Å². The number of hydrogen-bond acceptors (Lipinski definition) is 7. The summed E-state index contributed by atoms with van der Waals surface area (Å²) in [5, 5.41) is 8.40. The quantitative estimate of drug-likeness (QED) is 0.333. The van der Waals surface area contributed by atoms with Crippen LogP contribution in [0.15, 0.2) is 75.3 Å². The summed E-state index contributed by atoms with van der Waals surface area (Å²) in [6.45, 7) is 3.86. The first-order chi connectivity index (χ1) is 17.0. The van der Waals surface area contributed by atoms with Gasteiger partial charge < -0.3 is 13.9 Å². The first kappa shape index (κ1) is 25.2.